The van der Waals surface area contributed by atoms with Crippen LogP contribution in [0.2, 0.25) is 0 Å². The molecule has 2 heterocycles. The minimum Gasteiger partial charge on any atom is -0.455 e. The van der Waals surface area contributed by atoms with E-state index in [0.29, 0.717) is 53.4 Å². The Morgan fingerprint density at radius 3 is 2.69 bits per heavy atom. The summed E-state index contributed by atoms with van der Waals surface area (Å²) in [5, 5.41) is 0.443. The van der Waals surface area contributed by atoms with Crippen LogP contribution >= 0.6 is 0 Å². The maximum atomic E-state index is 13.4. The van der Waals surface area contributed by atoms with Crippen LogP contribution in [-0.2, 0) is 0 Å². The fraction of sp³-hybridized carbons (Fsp3) is 0.333. The van der Waals surface area contributed by atoms with Crippen LogP contribution in [0.5, 0.6) is 0 Å². The van der Waals surface area contributed by atoms with Gasteiger partial charge >= 0.3 is 0 Å². The van der Waals surface area contributed by atoms with Crippen molar-refractivity contribution in [2.45, 2.75) is 26.2 Å². The number of para-hydroxylation sites is 1. The van der Waals surface area contributed by atoms with Gasteiger partial charge in [-0.15, -0.1) is 0 Å². The Morgan fingerprint density at radius 1 is 1.14 bits per heavy atom. The number of hydrogen-bond donors (Lipinski definition) is 1. The summed E-state index contributed by atoms with van der Waals surface area (Å²) >= 11 is 0. The summed E-state index contributed by atoms with van der Waals surface area (Å²) in [6, 6.07) is 14.8. The number of carbonyl (C=O) groups is 1. The van der Waals surface area contributed by atoms with E-state index in [0.717, 1.165) is 24.8 Å². The van der Waals surface area contributed by atoms with E-state index < -0.39 is 0 Å². The molecule has 0 radical (unpaired) electrons. The third-order valence-electron chi connectivity index (χ3n) is 5.80. The van der Waals surface area contributed by atoms with E-state index in [1.807, 2.05) is 35.2 Å². The van der Waals surface area contributed by atoms with Crippen LogP contribution in [-0.4, -0.2) is 30.4 Å². The van der Waals surface area contributed by atoms with Crippen molar-refractivity contribution in [1.82, 2.24) is 4.90 Å². The molecule has 1 fully saturated rings. The van der Waals surface area contributed by atoms with Crippen molar-refractivity contribution in [1.29, 1.82) is 0 Å². The number of hydrogen-bond acceptors (Lipinski definition) is 4. The minimum absolute atomic E-state index is 0.0954. The van der Waals surface area contributed by atoms with Crippen LogP contribution < -0.4 is 11.2 Å². The smallest absolute Gasteiger partial charge is 0.257 e. The average Bonchev–Trinajstić information content (AvgIpc) is 3.02. The van der Waals surface area contributed by atoms with Gasteiger partial charge < -0.3 is 15.1 Å². The highest BCUT2D eigenvalue weighted by Gasteiger charge is 2.25. The highest BCUT2D eigenvalue weighted by Crippen LogP contribution is 2.28. The van der Waals surface area contributed by atoms with Crippen molar-refractivity contribution in [3.05, 3.63) is 69.9 Å². The van der Waals surface area contributed by atoms with Gasteiger partial charge in [-0.3, -0.25) is 9.59 Å². The van der Waals surface area contributed by atoms with Crippen molar-refractivity contribution in [2.24, 2.45) is 11.7 Å². The van der Waals surface area contributed by atoms with Crippen LogP contribution in [0.4, 0.5) is 0 Å². The Morgan fingerprint density at radius 2 is 1.93 bits per heavy atom. The lowest BCUT2D eigenvalue weighted by molar-refractivity contribution is 0.0743. The highest BCUT2D eigenvalue weighted by molar-refractivity contribution is 6.05. The summed E-state index contributed by atoms with van der Waals surface area (Å²) in [4.78, 5) is 28.3. The Hall–Kier alpha value is -2.92. The molecule has 4 rings (SSSR count). The Labute approximate surface area is 170 Å². The van der Waals surface area contributed by atoms with E-state index in [4.69, 9.17) is 10.2 Å². The summed E-state index contributed by atoms with van der Waals surface area (Å²) in [6.45, 7) is 3.69. The fourth-order valence-corrected chi connectivity index (χ4v) is 4.12. The molecule has 29 heavy (non-hydrogen) atoms. The predicted molar refractivity (Wildman–Crippen MR) is 115 cm³/mol. The van der Waals surface area contributed by atoms with E-state index in [2.05, 4.69) is 0 Å². The first-order valence-electron chi connectivity index (χ1n) is 10.2. The molecule has 0 spiro atoms. The molecule has 1 amide bonds. The van der Waals surface area contributed by atoms with Crippen molar-refractivity contribution in [2.75, 3.05) is 19.6 Å². The molecule has 0 aliphatic carbocycles. The van der Waals surface area contributed by atoms with Crippen molar-refractivity contribution >= 4 is 16.9 Å². The molecule has 2 aromatic carbocycles. The molecule has 0 saturated carbocycles. The highest BCUT2D eigenvalue weighted by atomic mass is 16.3. The van der Waals surface area contributed by atoms with Gasteiger partial charge in [-0.25, -0.2) is 0 Å². The van der Waals surface area contributed by atoms with Crippen LogP contribution in [0.1, 0.15) is 35.2 Å². The molecule has 1 atom stereocenters. The Bertz CT molecular complexity index is 1090. The number of rotatable bonds is 3. The molecular formula is C24H26N2O3. The second kappa shape index (κ2) is 8.21. The number of nitrogens with zero attached hydrogens (tertiary/aromatic N) is 1. The first kappa shape index (κ1) is 19.4. The summed E-state index contributed by atoms with van der Waals surface area (Å²) in [5.41, 5.74) is 7.96. The normalized spacial score (nSPS) is 17.3. The van der Waals surface area contributed by atoms with Crippen molar-refractivity contribution in [3.8, 4) is 11.3 Å². The standard InChI is InChI=1S/C24H26N2O3/c1-16-21(27)19-11-7-12-20(23(19)29-22(16)18-9-3-2-4-10-18)24(28)26-13-6-5-8-17(14-25)15-26/h2-4,7,9-12,17H,5-6,8,13-15,25H2,1H3. The van der Waals surface area contributed by atoms with Gasteiger partial charge in [-0.1, -0.05) is 42.8 Å². The molecule has 5 nitrogen and oxygen atoms in total. The van der Waals surface area contributed by atoms with E-state index in [1.165, 1.54) is 0 Å². The molecule has 1 aromatic heterocycles. The van der Waals surface area contributed by atoms with Crippen LogP contribution in [0.25, 0.3) is 22.3 Å². The van der Waals surface area contributed by atoms with Gasteiger partial charge in [0, 0.05) is 24.2 Å². The Balaban J connectivity index is 1.84. The largest absolute Gasteiger partial charge is 0.455 e. The van der Waals surface area contributed by atoms with E-state index >= 15 is 0 Å². The van der Waals surface area contributed by atoms with Gasteiger partial charge in [0.25, 0.3) is 5.91 Å². The van der Waals surface area contributed by atoms with Crippen LogP contribution in [0, 0.1) is 12.8 Å². The molecule has 1 unspecified atom stereocenters. The van der Waals surface area contributed by atoms with Gasteiger partial charge in [0.1, 0.15) is 5.76 Å². The monoisotopic (exact) mass is 390 g/mol. The topological polar surface area (TPSA) is 76.5 Å². The van der Waals surface area contributed by atoms with Crippen molar-refractivity contribution < 1.29 is 9.21 Å². The van der Waals surface area contributed by atoms with Crippen LogP contribution in [0.3, 0.4) is 0 Å². The zero-order valence-corrected chi connectivity index (χ0v) is 16.7. The van der Waals surface area contributed by atoms with E-state index in [1.54, 1.807) is 25.1 Å². The lowest BCUT2D eigenvalue weighted by Gasteiger charge is -2.24. The summed E-state index contributed by atoms with van der Waals surface area (Å²) in [5.74, 6) is 0.728. The molecule has 0 bridgehead atoms. The first-order chi connectivity index (χ1) is 14.1. The van der Waals surface area contributed by atoms with E-state index in [-0.39, 0.29) is 11.3 Å². The number of amides is 1. The Kier molecular flexibility index (Phi) is 5.49. The number of benzene rings is 2. The summed E-state index contributed by atoms with van der Waals surface area (Å²) < 4.78 is 6.21. The average molecular weight is 390 g/mol. The van der Waals surface area contributed by atoms with Crippen molar-refractivity contribution in [3.63, 3.8) is 0 Å². The van der Waals surface area contributed by atoms with Crippen LogP contribution in [0.15, 0.2) is 57.7 Å². The fourth-order valence-electron chi connectivity index (χ4n) is 4.12. The SMILES string of the molecule is Cc1c(-c2ccccc2)oc2c(C(=O)N3CCCCC(CN)C3)cccc2c1=O. The zero-order valence-electron chi connectivity index (χ0n) is 16.7. The predicted octanol–water partition coefficient (Wildman–Crippen LogP) is 3.97. The molecule has 5 heteroatoms. The third-order valence-corrected chi connectivity index (χ3v) is 5.80. The summed E-state index contributed by atoms with van der Waals surface area (Å²) in [7, 11) is 0. The third kappa shape index (κ3) is 3.70. The molecular weight excluding hydrogens is 364 g/mol. The lowest BCUT2D eigenvalue weighted by atomic mass is 10.0. The maximum Gasteiger partial charge on any atom is 0.257 e. The minimum atomic E-state index is -0.101. The number of fused-ring (bicyclic) bond motifs is 1. The van der Waals surface area contributed by atoms with Gasteiger partial charge in [-0.2, -0.15) is 0 Å². The molecule has 1 aliphatic heterocycles. The number of likely N-dealkylation sites (tertiary alicyclic amines) is 1. The molecule has 1 saturated heterocycles. The first-order valence-corrected chi connectivity index (χ1v) is 10.2. The van der Waals surface area contributed by atoms with E-state index in [9.17, 15) is 9.59 Å². The second-order valence-corrected chi connectivity index (χ2v) is 7.78. The molecule has 1 aliphatic rings. The quantitative estimate of drug-likeness (QED) is 0.734. The number of nitrogens with two attached hydrogens (primary N) is 1. The molecule has 2 N–H and O–H groups in total. The number of carbonyl (C=O) groups excluding carboxylic acids is 1. The van der Waals surface area contributed by atoms with Gasteiger partial charge in [0.2, 0.25) is 0 Å². The van der Waals surface area contributed by atoms with Gasteiger partial charge in [-0.05, 0) is 44.4 Å². The molecule has 3 aromatic rings. The summed E-state index contributed by atoms with van der Waals surface area (Å²) in [6.07, 6.45) is 3.08. The van der Waals surface area contributed by atoms with Gasteiger partial charge in [0.05, 0.1) is 10.9 Å². The molecule has 150 valence electrons. The zero-order chi connectivity index (χ0) is 20.4. The lowest BCUT2D eigenvalue weighted by Crippen LogP contribution is -2.36. The maximum absolute atomic E-state index is 13.4. The van der Waals surface area contributed by atoms with Gasteiger partial charge in [0.15, 0.2) is 11.0 Å². The second-order valence-electron chi connectivity index (χ2n) is 7.78.